The fourth-order valence-electron chi connectivity index (χ4n) is 1.78. The van der Waals surface area contributed by atoms with Crippen LogP contribution in [0.1, 0.15) is 5.56 Å². The van der Waals surface area contributed by atoms with E-state index >= 15 is 0 Å². The molecule has 0 saturated carbocycles. The van der Waals surface area contributed by atoms with Gasteiger partial charge >= 0.3 is 0 Å². The Kier molecular flexibility index (Phi) is 4.58. The molecule has 3 N–H and O–H groups in total. The molecule has 20 heavy (non-hydrogen) atoms. The zero-order valence-corrected chi connectivity index (χ0v) is 11.9. The molecule has 0 aromatic heterocycles. The molecule has 0 fully saturated rings. The van der Waals surface area contributed by atoms with Crippen LogP contribution in [-0.2, 0) is 21.4 Å². The number of rotatable bonds is 6. The van der Waals surface area contributed by atoms with Crippen LogP contribution >= 0.6 is 0 Å². The maximum atomic E-state index is 11.2. The van der Waals surface area contributed by atoms with Gasteiger partial charge in [0.2, 0.25) is 10.0 Å². The van der Waals surface area contributed by atoms with Crippen molar-refractivity contribution < 1.29 is 17.9 Å². The zero-order chi connectivity index (χ0) is 14.6. The van der Waals surface area contributed by atoms with Crippen molar-refractivity contribution in [1.82, 2.24) is 10.0 Å². The lowest BCUT2D eigenvalue weighted by molar-refractivity contribution is -0.118. The third kappa shape index (κ3) is 3.92. The van der Waals surface area contributed by atoms with Crippen LogP contribution in [0.3, 0.4) is 0 Å². The van der Waals surface area contributed by atoms with Gasteiger partial charge in [-0.3, -0.25) is 4.79 Å². The number of hydrogen-bond acceptors (Lipinski definition) is 5. The number of carbonyl (C=O) groups excluding carboxylic acids is 1. The largest absolute Gasteiger partial charge is 0.482 e. The number of ether oxygens (including phenoxy) is 1. The molecule has 2 rings (SSSR count). The number of anilines is 1. The molecule has 0 aliphatic carbocycles. The van der Waals surface area contributed by atoms with E-state index in [-0.39, 0.29) is 18.3 Å². The predicted octanol–water partition coefficient (Wildman–Crippen LogP) is -0.344. The minimum absolute atomic E-state index is 0.0221. The molecule has 0 spiro atoms. The molecule has 0 unspecified atom stereocenters. The molecule has 1 aromatic rings. The van der Waals surface area contributed by atoms with Crippen molar-refractivity contribution in [3.05, 3.63) is 23.8 Å². The van der Waals surface area contributed by atoms with Crippen molar-refractivity contribution in [2.45, 2.75) is 6.54 Å². The van der Waals surface area contributed by atoms with Gasteiger partial charge in [0.1, 0.15) is 5.75 Å². The van der Waals surface area contributed by atoms with E-state index in [1.54, 1.807) is 6.07 Å². The first-order valence-corrected chi connectivity index (χ1v) is 7.83. The summed E-state index contributed by atoms with van der Waals surface area (Å²) in [5.74, 6) is 0.489. The Labute approximate surface area is 117 Å². The number of carbonyl (C=O) groups is 1. The second-order valence-electron chi connectivity index (χ2n) is 4.37. The number of fused-ring (bicyclic) bond motifs is 1. The highest BCUT2D eigenvalue weighted by atomic mass is 32.2. The van der Waals surface area contributed by atoms with Gasteiger partial charge < -0.3 is 15.4 Å². The maximum absolute atomic E-state index is 11.2. The van der Waals surface area contributed by atoms with Gasteiger partial charge in [0.25, 0.3) is 5.91 Å². The molecule has 0 bridgehead atoms. The lowest BCUT2D eigenvalue weighted by Crippen LogP contribution is -2.29. The summed E-state index contributed by atoms with van der Waals surface area (Å²) in [6.45, 7) is 0.901. The standard InChI is InChI=1S/C12H17N3O4S/c1-13-20(17,18)5-4-14-7-9-2-3-11-10(6-9)15-12(16)8-19-11/h2-3,6,13-14H,4-5,7-8H2,1H3,(H,15,16). The lowest BCUT2D eigenvalue weighted by Gasteiger charge is -2.18. The summed E-state index contributed by atoms with van der Waals surface area (Å²) < 4.78 is 30.0. The van der Waals surface area contributed by atoms with Crippen molar-refractivity contribution in [1.29, 1.82) is 0 Å². The summed E-state index contributed by atoms with van der Waals surface area (Å²) in [4.78, 5) is 11.2. The molecule has 8 heteroatoms. The van der Waals surface area contributed by atoms with Crippen LogP contribution in [0, 0.1) is 0 Å². The molecule has 1 aromatic carbocycles. The van der Waals surface area contributed by atoms with Crippen molar-refractivity contribution in [3.8, 4) is 5.75 Å². The van der Waals surface area contributed by atoms with Crippen molar-refractivity contribution >= 4 is 21.6 Å². The average Bonchev–Trinajstić information content (AvgIpc) is 2.43. The molecule has 0 atom stereocenters. The minimum atomic E-state index is -3.19. The van der Waals surface area contributed by atoms with Gasteiger partial charge in [-0.25, -0.2) is 13.1 Å². The predicted molar refractivity (Wildman–Crippen MR) is 75.1 cm³/mol. The number of amides is 1. The van der Waals surface area contributed by atoms with Crippen LogP contribution in [-0.4, -0.2) is 40.3 Å². The summed E-state index contributed by atoms with van der Waals surface area (Å²) in [6, 6.07) is 5.47. The van der Waals surface area contributed by atoms with E-state index in [1.165, 1.54) is 7.05 Å². The Bertz CT molecular complexity index is 601. The molecule has 1 aliphatic heterocycles. The Morgan fingerprint density at radius 3 is 2.95 bits per heavy atom. The third-order valence-corrected chi connectivity index (χ3v) is 4.23. The van der Waals surface area contributed by atoms with Crippen LogP contribution in [0.25, 0.3) is 0 Å². The number of benzene rings is 1. The molecule has 0 radical (unpaired) electrons. The van der Waals surface area contributed by atoms with Gasteiger partial charge in [-0.05, 0) is 24.7 Å². The zero-order valence-electron chi connectivity index (χ0n) is 11.1. The van der Waals surface area contributed by atoms with Crippen molar-refractivity contribution in [3.63, 3.8) is 0 Å². The highest BCUT2D eigenvalue weighted by molar-refractivity contribution is 7.89. The van der Waals surface area contributed by atoms with Crippen LogP contribution in [0.4, 0.5) is 5.69 Å². The van der Waals surface area contributed by atoms with E-state index in [4.69, 9.17) is 4.74 Å². The van der Waals surface area contributed by atoms with E-state index in [1.807, 2.05) is 12.1 Å². The SMILES string of the molecule is CNS(=O)(=O)CCNCc1ccc2c(c1)NC(=O)CO2. The number of nitrogens with one attached hydrogen (secondary N) is 3. The van der Waals surface area contributed by atoms with Gasteiger partial charge in [0.15, 0.2) is 6.61 Å². The monoisotopic (exact) mass is 299 g/mol. The maximum Gasteiger partial charge on any atom is 0.262 e. The molecule has 7 nitrogen and oxygen atoms in total. The van der Waals surface area contributed by atoms with E-state index in [0.717, 1.165) is 5.56 Å². The number of hydrogen-bond donors (Lipinski definition) is 3. The normalized spacial score (nSPS) is 14.3. The Morgan fingerprint density at radius 1 is 1.40 bits per heavy atom. The fraction of sp³-hybridized carbons (Fsp3) is 0.417. The van der Waals surface area contributed by atoms with E-state index in [0.29, 0.717) is 24.5 Å². The molecule has 0 saturated heterocycles. The van der Waals surface area contributed by atoms with E-state index in [9.17, 15) is 13.2 Å². The van der Waals surface area contributed by atoms with E-state index < -0.39 is 10.0 Å². The number of sulfonamides is 1. The van der Waals surface area contributed by atoms with E-state index in [2.05, 4.69) is 15.4 Å². The van der Waals surface area contributed by atoms with Crippen molar-refractivity contribution in [2.24, 2.45) is 0 Å². The third-order valence-electron chi connectivity index (χ3n) is 2.86. The summed E-state index contributed by atoms with van der Waals surface area (Å²) in [5, 5.41) is 5.76. The smallest absolute Gasteiger partial charge is 0.262 e. The highest BCUT2D eigenvalue weighted by Gasteiger charge is 2.15. The fourth-order valence-corrected chi connectivity index (χ4v) is 2.40. The first kappa shape index (κ1) is 14.8. The van der Waals surface area contributed by atoms with Gasteiger partial charge in [0.05, 0.1) is 11.4 Å². The van der Waals surface area contributed by atoms with Crippen LogP contribution in [0.15, 0.2) is 18.2 Å². The van der Waals surface area contributed by atoms with Gasteiger partial charge in [-0.15, -0.1) is 0 Å². The Balaban J connectivity index is 1.88. The molecular weight excluding hydrogens is 282 g/mol. The lowest BCUT2D eigenvalue weighted by atomic mass is 10.1. The highest BCUT2D eigenvalue weighted by Crippen LogP contribution is 2.28. The van der Waals surface area contributed by atoms with Crippen LogP contribution in [0.5, 0.6) is 5.75 Å². The summed E-state index contributed by atoms with van der Waals surface area (Å²) >= 11 is 0. The quantitative estimate of drug-likeness (QED) is 0.624. The Hall–Kier alpha value is -1.64. The van der Waals surface area contributed by atoms with Gasteiger partial charge in [-0.1, -0.05) is 6.07 Å². The second kappa shape index (κ2) is 6.21. The van der Waals surface area contributed by atoms with Gasteiger partial charge in [-0.2, -0.15) is 0 Å². The first-order chi connectivity index (χ1) is 9.50. The molecule has 110 valence electrons. The minimum Gasteiger partial charge on any atom is -0.482 e. The van der Waals surface area contributed by atoms with Gasteiger partial charge in [0, 0.05) is 13.1 Å². The summed E-state index contributed by atoms with van der Waals surface area (Å²) in [5.41, 5.74) is 1.58. The second-order valence-corrected chi connectivity index (χ2v) is 6.41. The summed E-state index contributed by atoms with van der Waals surface area (Å²) in [6.07, 6.45) is 0. The Morgan fingerprint density at radius 2 is 2.20 bits per heavy atom. The first-order valence-electron chi connectivity index (χ1n) is 6.18. The average molecular weight is 299 g/mol. The molecule has 1 aliphatic rings. The van der Waals surface area contributed by atoms with Crippen molar-refractivity contribution in [2.75, 3.05) is 31.3 Å². The molecule has 1 heterocycles. The topological polar surface area (TPSA) is 96.5 Å². The molecular formula is C12H17N3O4S. The van der Waals surface area contributed by atoms with Crippen LogP contribution in [0.2, 0.25) is 0 Å². The summed E-state index contributed by atoms with van der Waals surface area (Å²) in [7, 11) is -1.79. The van der Waals surface area contributed by atoms with Crippen LogP contribution < -0.4 is 20.1 Å². The molecule has 1 amide bonds.